The van der Waals surface area contributed by atoms with E-state index in [1.54, 1.807) is 20.8 Å². The second-order valence-corrected chi connectivity index (χ2v) is 2.66. The highest BCUT2D eigenvalue weighted by Gasteiger charge is 2.21. The SMILES string of the molecule is CC(C)(C)C(=O)ON. The molecule has 0 aromatic carbocycles. The molecule has 0 saturated carbocycles. The maximum Gasteiger partial charge on any atom is 0.329 e. The fourth-order valence-corrected chi connectivity index (χ4v) is 0.177. The lowest BCUT2D eigenvalue weighted by molar-refractivity contribution is -0.153. The van der Waals surface area contributed by atoms with Gasteiger partial charge >= 0.3 is 5.97 Å². The first kappa shape index (κ1) is 7.43. The van der Waals surface area contributed by atoms with Crippen molar-refractivity contribution in [3.05, 3.63) is 0 Å². The zero-order chi connectivity index (χ0) is 6.78. The van der Waals surface area contributed by atoms with Gasteiger partial charge in [0.15, 0.2) is 0 Å². The average Bonchev–Trinajstić information content (AvgIpc) is 1.62. The van der Waals surface area contributed by atoms with Gasteiger partial charge in [0.05, 0.1) is 5.41 Å². The summed E-state index contributed by atoms with van der Waals surface area (Å²) in [6, 6.07) is 0. The molecule has 0 aliphatic carbocycles. The lowest BCUT2D eigenvalue weighted by Gasteiger charge is -2.12. The van der Waals surface area contributed by atoms with Gasteiger partial charge in [0.2, 0.25) is 0 Å². The summed E-state index contributed by atoms with van der Waals surface area (Å²) in [5.74, 6) is 4.22. The molecule has 0 atom stereocenters. The van der Waals surface area contributed by atoms with Crippen molar-refractivity contribution in [1.82, 2.24) is 0 Å². The Morgan fingerprint density at radius 2 is 1.88 bits per heavy atom. The predicted octanol–water partition coefficient (Wildman–Crippen LogP) is 0.449. The molecule has 0 spiro atoms. The van der Waals surface area contributed by atoms with Crippen LogP contribution < -0.4 is 5.90 Å². The molecule has 0 aromatic rings. The Hall–Kier alpha value is -0.570. The van der Waals surface area contributed by atoms with Crippen LogP contribution in [0.3, 0.4) is 0 Å². The normalized spacial score (nSPS) is 11.0. The third-order valence-corrected chi connectivity index (χ3v) is 0.719. The second kappa shape index (κ2) is 2.13. The molecule has 0 aliphatic rings. The smallest absolute Gasteiger partial charge is 0.329 e. The van der Waals surface area contributed by atoms with Crippen LogP contribution in [0.1, 0.15) is 20.8 Å². The first-order chi connectivity index (χ1) is 3.48. The predicted molar refractivity (Wildman–Crippen MR) is 29.7 cm³/mol. The molecule has 0 aliphatic heterocycles. The number of rotatable bonds is 0. The summed E-state index contributed by atoms with van der Waals surface area (Å²) < 4.78 is 0. The van der Waals surface area contributed by atoms with Crippen molar-refractivity contribution in [3.8, 4) is 0 Å². The maximum atomic E-state index is 10.5. The largest absolute Gasteiger partial charge is 0.373 e. The lowest BCUT2D eigenvalue weighted by atomic mass is 9.98. The van der Waals surface area contributed by atoms with Gasteiger partial charge in [-0.05, 0) is 20.8 Å². The highest BCUT2D eigenvalue weighted by molar-refractivity contribution is 5.74. The van der Waals surface area contributed by atoms with E-state index in [2.05, 4.69) is 10.7 Å². The van der Waals surface area contributed by atoms with E-state index in [1.807, 2.05) is 0 Å². The molecule has 0 heterocycles. The second-order valence-electron chi connectivity index (χ2n) is 2.66. The molecule has 48 valence electrons. The van der Waals surface area contributed by atoms with E-state index in [0.29, 0.717) is 0 Å². The zero-order valence-corrected chi connectivity index (χ0v) is 5.39. The summed E-state index contributed by atoms with van der Waals surface area (Å²) in [5, 5.41) is 0. The number of carbonyl (C=O) groups is 1. The van der Waals surface area contributed by atoms with Crippen LogP contribution in [0.25, 0.3) is 0 Å². The van der Waals surface area contributed by atoms with Crippen LogP contribution in [-0.4, -0.2) is 5.97 Å². The van der Waals surface area contributed by atoms with Gasteiger partial charge in [0.25, 0.3) is 0 Å². The van der Waals surface area contributed by atoms with Gasteiger partial charge in [-0.3, -0.25) is 0 Å². The van der Waals surface area contributed by atoms with Crippen molar-refractivity contribution in [2.45, 2.75) is 20.8 Å². The summed E-state index contributed by atoms with van der Waals surface area (Å²) in [5.41, 5.74) is -0.477. The van der Waals surface area contributed by atoms with E-state index < -0.39 is 11.4 Å². The summed E-state index contributed by atoms with van der Waals surface area (Å²) in [6.45, 7) is 5.21. The fraction of sp³-hybridized carbons (Fsp3) is 0.800. The van der Waals surface area contributed by atoms with Gasteiger partial charge < -0.3 is 4.84 Å². The fourth-order valence-electron chi connectivity index (χ4n) is 0.177. The Kier molecular flexibility index (Phi) is 1.98. The van der Waals surface area contributed by atoms with Gasteiger partial charge in [-0.15, -0.1) is 0 Å². The van der Waals surface area contributed by atoms with Crippen molar-refractivity contribution in [2.24, 2.45) is 11.3 Å². The van der Waals surface area contributed by atoms with Crippen molar-refractivity contribution in [3.63, 3.8) is 0 Å². The summed E-state index contributed by atoms with van der Waals surface area (Å²) in [4.78, 5) is 14.5. The molecular weight excluding hydrogens is 106 g/mol. The number of nitrogens with two attached hydrogens (primary N) is 1. The molecule has 0 fully saturated rings. The minimum atomic E-state index is -0.477. The minimum absolute atomic E-state index is 0.391. The van der Waals surface area contributed by atoms with E-state index in [9.17, 15) is 4.79 Å². The minimum Gasteiger partial charge on any atom is -0.373 e. The van der Waals surface area contributed by atoms with E-state index in [1.165, 1.54) is 0 Å². The topological polar surface area (TPSA) is 52.3 Å². The highest BCUT2D eigenvalue weighted by Crippen LogP contribution is 2.13. The molecule has 0 saturated heterocycles. The summed E-state index contributed by atoms with van der Waals surface area (Å²) in [6.07, 6.45) is 0. The van der Waals surface area contributed by atoms with Crippen LogP contribution >= 0.6 is 0 Å². The van der Waals surface area contributed by atoms with Crippen LogP contribution in [0.5, 0.6) is 0 Å². The Morgan fingerprint density at radius 3 is 1.88 bits per heavy atom. The average molecular weight is 117 g/mol. The van der Waals surface area contributed by atoms with Crippen molar-refractivity contribution in [2.75, 3.05) is 0 Å². The monoisotopic (exact) mass is 117 g/mol. The number of carbonyl (C=O) groups excluding carboxylic acids is 1. The molecule has 0 radical (unpaired) electrons. The van der Waals surface area contributed by atoms with Crippen LogP contribution in [-0.2, 0) is 9.63 Å². The summed E-state index contributed by atoms with van der Waals surface area (Å²) >= 11 is 0. The molecule has 8 heavy (non-hydrogen) atoms. The Balaban J connectivity index is 3.82. The first-order valence-electron chi connectivity index (χ1n) is 2.39. The van der Waals surface area contributed by atoms with Gasteiger partial charge in [0.1, 0.15) is 0 Å². The third kappa shape index (κ3) is 1.93. The molecule has 0 rings (SSSR count). The van der Waals surface area contributed by atoms with Gasteiger partial charge in [-0.1, -0.05) is 0 Å². The number of hydrogen-bond acceptors (Lipinski definition) is 3. The Labute approximate surface area is 48.8 Å². The first-order valence-corrected chi connectivity index (χ1v) is 2.39. The molecule has 3 nitrogen and oxygen atoms in total. The molecule has 0 amide bonds. The molecule has 0 bridgehead atoms. The molecule has 0 aromatic heterocycles. The molecule has 0 unspecified atom stereocenters. The van der Waals surface area contributed by atoms with Gasteiger partial charge in [0, 0.05) is 0 Å². The van der Waals surface area contributed by atoms with E-state index in [4.69, 9.17) is 0 Å². The Bertz CT molecular complexity index is 93.1. The van der Waals surface area contributed by atoms with Crippen LogP contribution in [0.4, 0.5) is 0 Å². The zero-order valence-electron chi connectivity index (χ0n) is 5.39. The van der Waals surface area contributed by atoms with E-state index in [0.717, 1.165) is 0 Å². The third-order valence-electron chi connectivity index (χ3n) is 0.719. The standard InChI is InChI=1S/C5H11NO2/c1-5(2,3)4(7)8-6/h6H2,1-3H3. The van der Waals surface area contributed by atoms with Gasteiger partial charge in [-0.25, -0.2) is 4.79 Å². The van der Waals surface area contributed by atoms with E-state index >= 15 is 0 Å². The maximum absolute atomic E-state index is 10.5. The molecular formula is C5H11NO2. The summed E-state index contributed by atoms with van der Waals surface area (Å²) in [7, 11) is 0. The number of hydrogen-bond donors (Lipinski definition) is 1. The van der Waals surface area contributed by atoms with Crippen LogP contribution in [0.15, 0.2) is 0 Å². The Morgan fingerprint density at radius 1 is 1.50 bits per heavy atom. The molecule has 2 N–H and O–H groups in total. The lowest BCUT2D eigenvalue weighted by Crippen LogP contribution is -2.25. The van der Waals surface area contributed by atoms with Gasteiger partial charge in [-0.2, -0.15) is 5.90 Å². The van der Waals surface area contributed by atoms with E-state index in [-0.39, 0.29) is 0 Å². The van der Waals surface area contributed by atoms with Crippen LogP contribution in [0.2, 0.25) is 0 Å². The quantitative estimate of drug-likeness (QED) is 0.468. The van der Waals surface area contributed by atoms with Crippen molar-refractivity contribution in [1.29, 1.82) is 0 Å². The highest BCUT2D eigenvalue weighted by atomic mass is 16.7. The van der Waals surface area contributed by atoms with Crippen molar-refractivity contribution < 1.29 is 9.63 Å². The van der Waals surface area contributed by atoms with Crippen molar-refractivity contribution >= 4 is 5.97 Å². The molecule has 3 heteroatoms. The van der Waals surface area contributed by atoms with Crippen LogP contribution in [0, 0.1) is 5.41 Å².